The van der Waals surface area contributed by atoms with Gasteiger partial charge in [-0.1, -0.05) is 27.7 Å². The van der Waals surface area contributed by atoms with Crippen molar-refractivity contribution in [2.75, 3.05) is 12.6 Å². The number of anilines is 1. The van der Waals surface area contributed by atoms with Crippen LogP contribution in [0.25, 0.3) is 10.8 Å². The molecule has 0 fully saturated rings. The predicted octanol–water partition coefficient (Wildman–Crippen LogP) is 5.16. The first kappa shape index (κ1) is 17.1. The molecule has 2 nitrogen and oxygen atoms in total. The molecule has 5 heteroatoms. The highest BCUT2D eigenvalue weighted by molar-refractivity contribution is 5.94. The number of nitrogen functional groups attached to an aromatic ring is 1. The second kappa shape index (κ2) is 7.20. The van der Waals surface area contributed by atoms with Crippen LogP contribution in [0.2, 0.25) is 0 Å². The SMILES string of the molecule is CC.CC(C)c1cc(N)cc2cc(F)c(F)c(OCF)c12. The number of hydrogen-bond donors (Lipinski definition) is 1. The number of alkyl halides is 1. The van der Waals surface area contributed by atoms with E-state index in [4.69, 9.17) is 5.73 Å². The van der Waals surface area contributed by atoms with Crippen LogP contribution in [-0.2, 0) is 0 Å². The van der Waals surface area contributed by atoms with Crippen molar-refractivity contribution in [3.8, 4) is 5.75 Å². The van der Waals surface area contributed by atoms with Gasteiger partial charge in [0, 0.05) is 11.1 Å². The Labute approximate surface area is 122 Å². The predicted molar refractivity (Wildman–Crippen MR) is 80.3 cm³/mol. The molecule has 0 aromatic heterocycles. The van der Waals surface area contributed by atoms with E-state index in [1.807, 2.05) is 27.7 Å². The van der Waals surface area contributed by atoms with E-state index in [0.29, 0.717) is 22.0 Å². The van der Waals surface area contributed by atoms with Gasteiger partial charge in [-0.05, 0) is 35.1 Å². The lowest BCUT2D eigenvalue weighted by molar-refractivity contribution is 0.185. The Morgan fingerprint density at radius 2 is 1.76 bits per heavy atom. The molecule has 2 rings (SSSR count). The van der Waals surface area contributed by atoms with E-state index < -0.39 is 24.2 Å². The highest BCUT2D eigenvalue weighted by Crippen LogP contribution is 2.38. The number of nitrogens with two attached hydrogens (primary N) is 1. The minimum Gasteiger partial charge on any atom is -0.459 e. The molecule has 0 heterocycles. The summed E-state index contributed by atoms with van der Waals surface area (Å²) in [7, 11) is 0. The standard InChI is InChI=1S/C14H14F3NO.C2H6/c1-7(2)10-5-9(18)3-8-4-11(16)13(17)14(12(8)10)19-6-15;1-2/h3-5,7H,6,18H2,1-2H3;1-2H3. The summed E-state index contributed by atoms with van der Waals surface area (Å²) in [5, 5.41) is 0.756. The molecule has 0 radical (unpaired) electrons. The summed E-state index contributed by atoms with van der Waals surface area (Å²) in [5.74, 6) is -2.66. The highest BCUT2D eigenvalue weighted by atomic mass is 19.2. The van der Waals surface area contributed by atoms with Crippen LogP contribution in [0.15, 0.2) is 18.2 Å². The van der Waals surface area contributed by atoms with Crippen molar-refractivity contribution in [1.82, 2.24) is 0 Å². The van der Waals surface area contributed by atoms with Crippen molar-refractivity contribution in [1.29, 1.82) is 0 Å². The monoisotopic (exact) mass is 299 g/mol. The van der Waals surface area contributed by atoms with Crippen LogP contribution in [0.4, 0.5) is 18.9 Å². The Kier molecular flexibility index (Phi) is 5.88. The normalized spacial score (nSPS) is 10.5. The van der Waals surface area contributed by atoms with E-state index in [-0.39, 0.29) is 5.92 Å². The Balaban J connectivity index is 0.00000106. The Morgan fingerprint density at radius 3 is 2.29 bits per heavy atom. The van der Waals surface area contributed by atoms with Gasteiger partial charge in [-0.3, -0.25) is 0 Å². The molecule has 0 amide bonds. The van der Waals surface area contributed by atoms with Crippen molar-refractivity contribution in [2.45, 2.75) is 33.6 Å². The lowest BCUT2D eigenvalue weighted by atomic mass is 9.94. The third-order valence-corrected chi connectivity index (χ3v) is 2.96. The third-order valence-electron chi connectivity index (χ3n) is 2.96. The van der Waals surface area contributed by atoms with Gasteiger partial charge >= 0.3 is 0 Å². The summed E-state index contributed by atoms with van der Waals surface area (Å²) in [6.45, 7) is 6.54. The van der Waals surface area contributed by atoms with E-state index in [1.165, 1.54) is 6.07 Å². The Bertz CT molecular complexity index is 627. The molecular weight excluding hydrogens is 279 g/mol. The van der Waals surface area contributed by atoms with Crippen LogP contribution in [-0.4, -0.2) is 6.86 Å². The molecular formula is C16H20F3NO. The minimum atomic E-state index is -1.22. The summed E-state index contributed by atoms with van der Waals surface area (Å²) in [5.41, 5.74) is 6.87. The zero-order valence-corrected chi connectivity index (χ0v) is 12.6. The summed E-state index contributed by atoms with van der Waals surface area (Å²) in [6.07, 6.45) is 0. The molecule has 2 N–H and O–H groups in total. The van der Waals surface area contributed by atoms with Gasteiger partial charge in [0.1, 0.15) is 0 Å². The summed E-state index contributed by atoms with van der Waals surface area (Å²) in [6, 6.07) is 4.21. The molecule has 0 bridgehead atoms. The topological polar surface area (TPSA) is 35.2 Å². The average Bonchev–Trinajstić information content (AvgIpc) is 2.45. The van der Waals surface area contributed by atoms with E-state index >= 15 is 0 Å². The van der Waals surface area contributed by atoms with Gasteiger partial charge in [0.15, 0.2) is 11.6 Å². The second-order valence-electron chi connectivity index (χ2n) is 4.62. The molecule has 2 aromatic carbocycles. The third kappa shape index (κ3) is 3.40. The van der Waals surface area contributed by atoms with Crippen LogP contribution >= 0.6 is 0 Å². The first-order chi connectivity index (χ1) is 9.95. The second-order valence-corrected chi connectivity index (χ2v) is 4.62. The molecule has 2 aromatic rings. The van der Waals surface area contributed by atoms with Crippen LogP contribution in [0.1, 0.15) is 39.2 Å². The van der Waals surface area contributed by atoms with Crippen molar-refractivity contribution < 1.29 is 17.9 Å². The van der Waals surface area contributed by atoms with Crippen molar-refractivity contribution in [3.05, 3.63) is 35.4 Å². The maximum atomic E-state index is 13.8. The summed E-state index contributed by atoms with van der Waals surface area (Å²) in [4.78, 5) is 0. The maximum Gasteiger partial charge on any atom is 0.228 e. The minimum absolute atomic E-state index is 0.0119. The van der Waals surface area contributed by atoms with Gasteiger partial charge in [-0.25, -0.2) is 8.78 Å². The quantitative estimate of drug-likeness (QED) is 0.795. The average molecular weight is 299 g/mol. The van der Waals surface area contributed by atoms with Crippen LogP contribution in [0.3, 0.4) is 0 Å². The van der Waals surface area contributed by atoms with Crippen molar-refractivity contribution in [2.24, 2.45) is 0 Å². The van der Waals surface area contributed by atoms with E-state index in [1.54, 1.807) is 6.07 Å². The molecule has 0 aliphatic rings. The molecule has 116 valence electrons. The molecule has 0 aliphatic carbocycles. The lowest BCUT2D eigenvalue weighted by Gasteiger charge is -2.16. The molecule has 0 atom stereocenters. The van der Waals surface area contributed by atoms with Gasteiger partial charge in [0.25, 0.3) is 0 Å². The fourth-order valence-electron chi connectivity index (χ4n) is 2.15. The van der Waals surface area contributed by atoms with Crippen LogP contribution < -0.4 is 10.5 Å². The highest BCUT2D eigenvalue weighted by Gasteiger charge is 2.19. The van der Waals surface area contributed by atoms with E-state index in [0.717, 1.165) is 6.07 Å². The first-order valence-corrected chi connectivity index (χ1v) is 6.85. The molecule has 0 aliphatic heterocycles. The molecule has 0 spiro atoms. The maximum absolute atomic E-state index is 13.8. The molecule has 0 unspecified atom stereocenters. The number of benzene rings is 2. The molecule has 21 heavy (non-hydrogen) atoms. The zero-order chi connectivity index (χ0) is 16.2. The first-order valence-electron chi connectivity index (χ1n) is 6.85. The van der Waals surface area contributed by atoms with E-state index in [2.05, 4.69) is 4.74 Å². The Hall–Kier alpha value is -1.91. The number of ether oxygens (including phenoxy) is 1. The fraction of sp³-hybridized carbons (Fsp3) is 0.375. The van der Waals surface area contributed by atoms with Gasteiger partial charge in [-0.15, -0.1) is 0 Å². The summed E-state index contributed by atoms with van der Waals surface area (Å²) < 4.78 is 44.3. The number of fused-ring (bicyclic) bond motifs is 1. The molecule has 0 saturated carbocycles. The van der Waals surface area contributed by atoms with Crippen molar-refractivity contribution in [3.63, 3.8) is 0 Å². The van der Waals surface area contributed by atoms with Crippen LogP contribution in [0, 0.1) is 11.6 Å². The summed E-state index contributed by atoms with van der Waals surface area (Å²) >= 11 is 0. The fourth-order valence-corrected chi connectivity index (χ4v) is 2.15. The van der Waals surface area contributed by atoms with Gasteiger partial charge in [-0.2, -0.15) is 4.39 Å². The van der Waals surface area contributed by atoms with Gasteiger partial charge in [0.05, 0.1) is 0 Å². The van der Waals surface area contributed by atoms with Crippen molar-refractivity contribution >= 4 is 16.5 Å². The number of hydrogen-bond acceptors (Lipinski definition) is 2. The zero-order valence-electron chi connectivity index (χ0n) is 12.6. The molecule has 0 saturated heterocycles. The number of rotatable bonds is 3. The lowest BCUT2D eigenvalue weighted by Crippen LogP contribution is -2.02. The van der Waals surface area contributed by atoms with E-state index in [9.17, 15) is 13.2 Å². The largest absolute Gasteiger partial charge is 0.459 e. The number of halogens is 3. The van der Waals surface area contributed by atoms with Gasteiger partial charge in [0.2, 0.25) is 12.7 Å². The smallest absolute Gasteiger partial charge is 0.228 e. The van der Waals surface area contributed by atoms with Crippen LogP contribution in [0.5, 0.6) is 5.75 Å². The Morgan fingerprint density at radius 1 is 1.14 bits per heavy atom. The van der Waals surface area contributed by atoms with Gasteiger partial charge < -0.3 is 10.5 Å².